The lowest BCUT2D eigenvalue weighted by Crippen LogP contribution is -2.09. The molecule has 0 aliphatic heterocycles. The third-order valence-electron chi connectivity index (χ3n) is 4.46. The number of aromatic nitrogens is 4. The molecule has 0 aromatic carbocycles. The monoisotopic (exact) mass is 488 g/mol. The number of hydrogen-bond acceptors (Lipinski definition) is 9. The van der Waals surface area contributed by atoms with Gasteiger partial charge in [0.05, 0.1) is 24.2 Å². The Morgan fingerprint density at radius 1 is 0.794 bits per heavy atom. The Bertz CT molecular complexity index is 1310. The van der Waals surface area contributed by atoms with Crippen LogP contribution in [0.5, 0.6) is 0 Å². The van der Waals surface area contributed by atoms with Gasteiger partial charge in [-0.1, -0.05) is 0 Å². The first-order valence-electron chi connectivity index (χ1n) is 10.1. The Morgan fingerprint density at radius 2 is 1.15 bits per heavy atom. The number of hydrogen-bond donors (Lipinski definition) is 0. The number of fused-ring (bicyclic) bond motifs is 2. The van der Waals surface area contributed by atoms with Crippen molar-refractivity contribution in [3.05, 3.63) is 60.4 Å². The standard InChI is InChI=1S/2C11H12N2O2.O3S/c2*1-3-15-11(14)10-8-5-4-6-12-9(8)7-13(10)2;1-4(2)3/h2*4-7H,3H2,1-2H3;. The number of carbonyl (C=O) groups is 2. The van der Waals surface area contributed by atoms with Crippen molar-refractivity contribution in [3.63, 3.8) is 0 Å². The molecule has 0 radical (unpaired) electrons. The minimum atomic E-state index is -3.11. The molecule has 0 amide bonds. The van der Waals surface area contributed by atoms with Crippen LogP contribution in [0.25, 0.3) is 21.8 Å². The topological polar surface area (TPSA) is 139 Å². The molecule has 0 bridgehead atoms. The maximum Gasteiger partial charge on any atom is 0.425 e. The number of esters is 2. The number of aryl methyl sites for hydroxylation is 2. The molecule has 4 heterocycles. The first-order chi connectivity index (χ1) is 16.2. The number of nitrogens with zero attached hydrogens (tertiary/aromatic N) is 4. The number of rotatable bonds is 4. The van der Waals surface area contributed by atoms with Crippen molar-refractivity contribution in [3.8, 4) is 0 Å². The van der Waals surface area contributed by atoms with Crippen LogP contribution in [0, 0.1) is 0 Å². The van der Waals surface area contributed by atoms with Crippen molar-refractivity contribution in [1.29, 1.82) is 0 Å². The van der Waals surface area contributed by atoms with Gasteiger partial charge < -0.3 is 18.6 Å². The maximum absolute atomic E-state index is 11.7. The van der Waals surface area contributed by atoms with Gasteiger partial charge in [0.15, 0.2) is 0 Å². The van der Waals surface area contributed by atoms with E-state index in [1.165, 1.54) is 0 Å². The molecular weight excluding hydrogens is 464 g/mol. The van der Waals surface area contributed by atoms with Crippen LogP contribution in [0.2, 0.25) is 0 Å². The highest BCUT2D eigenvalue weighted by Gasteiger charge is 2.17. The Balaban J connectivity index is 0.000000208. The highest BCUT2D eigenvalue weighted by molar-refractivity contribution is 7.59. The lowest BCUT2D eigenvalue weighted by atomic mass is 10.2. The first kappa shape index (κ1) is 26.2. The summed E-state index contributed by atoms with van der Waals surface area (Å²) in [6.07, 6.45) is 7.05. The lowest BCUT2D eigenvalue weighted by Gasteiger charge is -2.02. The summed E-state index contributed by atoms with van der Waals surface area (Å²) in [5.41, 5.74) is 2.73. The summed E-state index contributed by atoms with van der Waals surface area (Å²) in [4.78, 5) is 31.7. The summed E-state index contributed by atoms with van der Waals surface area (Å²) >= 11 is 0. The Morgan fingerprint density at radius 3 is 1.47 bits per heavy atom. The zero-order valence-electron chi connectivity index (χ0n) is 19.1. The molecule has 4 rings (SSSR count). The molecule has 0 aliphatic carbocycles. The van der Waals surface area contributed by atoms with Gasteiger partial charge >= 0.3 is 22.5 Å². The van der Waals surface area contributed by atoms with Crippen molar-refractivity contribution >= 4 is 44.4 Å². The van der Waals surface area contributed by atoms with E-state index in [0.717, 1.165) is 21.8 Å². The second kappa shape index (κ2) is 12.3. The van der Waals surface area contributed by atoms with E-state index in [2.05, 4.69) is 9.97 Å². The minimum absolute atomic E-state index is 0.303. The maximum atomic E-state index is 11.7. The Kier molecular flexibility index (Phi) is 9.44. The lowest BCUT2D eigenvalue weighted by molar-refractivity contribution is 0.0508. The number of ether oxygens (including phenoxy) is 2. The van der Waals surface area contributed by atoms with Crippen LogP contribution in [0.4, 0.5) is 0 Å². The van der Waals surface area contributed by atoms with E-state index in [9.17, 15) is 9.59 Å². The molecule has 0 fully saturated rings. The predicted octanol–water partition coefficient (Wildman–Crippen LogP) is 2.50. The third kappa shape index (κ3) is 6.48. The van der Waals surface area contributed by atoms with Crippen LogP contribution in [-0.2, 0) is 34.2 Å². The highest BCUT2D eigenvalue weighted by atomic mass is 32.2. The van der Waals surface area contributed by atoms with Gasteiger partial charge in [-0.25, -0.2) is 9.59 Å². The van der Waals surface area contributed by atoms with E-state index in [1.54, 1.807) is 35.4 Å². The van der Waals surface area contributed by atoms with Gasteiger partial charge in [0.1, 0.15) is 11.4 Å². The summed E-state index contributed by atoms with van der Waals surface area (Å²) in [5, 5.41) is 1.66. The van der Waals surface area contributed by atoms with E-state index in [-0.39, 0.29) is 11.9 Å². The van der Waals surface area contributed by atoms with Gasteiger partial charge in [-0.15, -0.1) is 12.6 Å². The van der Waals surface area contributed by atoms with Gasteiger partial charge in [0.25, 0.3) is 0 Å². The van der Waals surface area contributed by atoms with Gasteiger partial charge in [-0.3, -0.25) is 9.97 Å². The summed E-state index contributed by atoms with van der Waals surface area (Å²) in [6, 6.07) is 7.36. The van der Waals surface area contributed by atoms with Gasteiger partial charge in [-0.2, -0.15) is 0 Å². The van der Waals surface area contributed by atoms with Crippen LogP contribution in [-0.4, -0.2) is 56.9 Å². The van der Waals surface area contributed by atoms with E-state index >= 15 is 0 Å². The largest absolute Gasteiger partial charge is 0.461 e. The fourth-order valence-corrected chi connectivity index (χ4v) is 3.22. The first-order valence-corrected chi connectivity index (χ1v) is 11.1. The van der Waals surface area contributed by atoms with Gasteiger partial charge in [0.2, 0.25) is 0 Å². The summed E-state index contributed by atoms with van der Waals surface area (Å²) in [6.45, 7) is 4.35. The normalized spacial score (nSPS) is 10.0. The van der Waals surface area contributed by atoms with Crippen LogP contribution in [0.3, 0.4) is 0 Å². The van der Waals surface area contributed by atoms with Crippen molar-refractivity contribution in [2.75, 3.05) is 13.2 Å². The van der Waals surface area contributed by atoms with Gasteiger partial charge in [0, 0.05) is 49.7 Å². The van der Waals surface area contributed by atoms with Crippen LogP contribution in [0.1, 0.15) is 34.8 Å². The smallest absolute Gasteiger partial charge is 0.425 e. The molecule has 0 saturated heterocycles. The molecule has 12 heteroatoms. The molecule has 34 heavy (non-hydrogen) atoms. The van der Waals surface area contributed by atoms with E-state index in [0.29, 0.717) is 24.6 Å². The van der Waals surface area contributed by atoms with Crippen molar-refractivity contribution < 1.29 is 31.7 Å². The molecule has 0 N–H and O–H groups in total. The van der Waals surface area contributed by atoms with Crippen LogP contribution >= 0.6 is 0 Å². The quantitative estimate of drug-likeness (QED) is 0.396. The second-order valence-electron chi connectivity index (χ2n) is 6.69. The molecule has 0 aliphatic rings. The number of carbonyl (C=O) groups excluding carboxylic acids is 2. The van der Waals surface area contributed by atoms with Crippen molar-refractivity contribution in [2.24, 2.45) is 14.1 Å². The average molecular weight is 489 g/mol. The van der Waals surface area contributed by atoms with E-state index in [4.69, 9.17) is 22.1 Å². The molecule has 4 aromatic heterocycles. The fourth-order valence-electron chi connectivity index (χ4n) is 3.22. The third-order valence-corrected chi connectivity index (χ3v) is 4.46. The number of pyridine rings is 2. The zero-order chi connectivity index (χ0) is 25.3. The average Bonchev–Trinajstić information content (AvgIpc) is 3.29. The van der Waals surface area contributed by atoms with E-state index in [1.807, 2.05) is 50.8 Å². The highest BCUT2D eigenvalue weighted by Crippen LogP contribution is 2.19. The van der Waals surface area contributed by atoms with Gasteiger partial charge in [-0.05, 0) is 38.1 Å². The molecular formula is C22H24N4O7S. The second-order valence-corrected chi connectivity index (χ2v) is 7.10. The van der Waals surface area contributed by atoms with Crippen LogP contribution in [0.15, 0.2) is 49.1 Å². The molecule has 0 saturated carbocycles. The summed E-state index contributed by atoms with van der Waals surface area (Å²) in [5.74, 6) is -0.606. The van der Waals surface area contributed by atoms with Crippen molar-refractivity contribution in [1.82, 2.24) is 19.1 Å². The fraction of sp³-hybridized carbons (Fsp3) is 0.273. The molecule has 4 aromatic rings. The molecule has 180 valence electrons. The Labute approximate surface area is 197 Å². The molecule has 0 atom stereocenters. The zero-order valence-corrected chi connectivity index (χ0v) is 19.9. The van der Waals surface area contributed by atoms with Crippen molar-refractivity contribution in [2.45, 2.75) is 13.8 Å². The summed E-state index contributed by atoms with van der Waals surface area (Å²) < 4.78 is 38.8. The predicted molar refractivity (Wildman–Crippen MR) is 123 cm³/mol. The molecule has 0 unspecified atom stereocenters. The summed E-state index contributed by atoms with van der Waals surface area (Å²) in [7, 11) is 0.516. The molecule has 11 nitrogen and oxygen atoms in total. The van der Waals surface area contributed by atoms with Crippen LogP contribution < -0.4 is 0 Å². The Hall–Kier alpha value is -4.06. The SMILES string of the molecule is CCOC(=O)c1c2cccnc2cn1C.CCOC(=O)c1c2cccnc2cn1C.O=S(=O)=O. The minimum Gasteiger partial charge on any atom is -0.461 e. The van der Waals surface area contributed by atoms with E-state index < -0.39 is 10.6 Å². The molecule has 0 spiro atoms.